The zero-order valence-corrected chi connectivity index (χ0v) is 13.5. The Labute approximate surface area is 141 Å². The summed E-state index contributed by atoms with van der Waals surface area (Å²) in [5, 5.41) is 13.8. The van der Waals surface area contributed by atoms with Crippen molar-refractivity contribution >= 4 is 38.3 Å². The molecule has 1 aromatic heterocycles. The number of nitrogens with zero attached hydrogens (tertiary/aromatic N) is 2. The van der Waals surface area contributed by atoms with E-state index in [1.54, 1.807) is 0 Å². The number of aromatic nitrogens is 1. The minimum atomic E-state index is -0.509. The largest absolute Gasteiger partial charge is 0.494 e. The monoisotopic (exact) mass is 343 g/mol. The number of anilines is 1. The molecule has 3 rings (SSSR count). The predicted molar refractivity (Wildman–Crippen MR) is 91.8 cm³/mol. The summed E-state index contributed by atoms with van der Waals surface area (Å²) < 4.78 is 6.34. The minimum Gasteiger partial charge on any atom is -0.494 e. The highest BCUT2D eigenvalue weighted by Crippen LogP contribution is 2.29. The van der Waals surface area contributed by atoms with E-state index in [4.69, 9.17) is 4.74 Å². The first kappa shape index (κ1) is 15.9. The molecule has 1 N–H and O–H groups in total. The molecule has 0 bridgehead atoms. The highest BCUT2D eigenvalue weighted by atomic mass is 32.1. The maximum Gasteiger partial charge on any atom is 0.269 e. The first-order chi connectivity index (χ1) is 11.6. The molecule has 1 amide bonds. The Morgan fingerprint density at radius 3 is 2.71 bits per heavy atom. The lowest BCUT2D eigenvalue weighted by molar-refractivity contribution is -0.384. The van der Waals surface area contributed by atoms with Crippen molar-refractivity contribution in [1.29, 1.82) is 0 Å². The summed E-state index contributed by atoms with van der Waals surface area (Å²) in [6.45, 7) is 2.49. The third kappa shape index (κ3) is 3.33. The fourth-order valence-corrected chi connectivity index (χ4v) is 3.01. The molecule has 0 atom stereocenters. The number of nitrogens with one attached hydrogen (secondary N) is 1. The normalized spacial score (nSPS) is 10.5. The Morgan fingerprint density at radius 1 is 1.29 bits per heavy atom. The van der Waals surface area contributed by atoms with Gasteiger partial charge in [0.1, 0.15) is 5.75 Å². The van der Waals surface area contributed by atoms with Crippen molar-refractivity contribution in [2.24, 2.45) is 0 Å². The van der Waals surface area contributed by atoms with Gasteiger partial charge in [0.15, 0.2) is 5.13 Å². The molecule has 0 spiro atoms. The predicted octanol–water partition coefficient (Wildman–Crippen LogP) is 3.86. The van der Waals surface area contributed by atoms with Gasteiger partial charge < -0.3 is 4.74 Å². The summed E-state index contributed by atoms with van der Waals surface area (Å²) in [5.41, 5.74) is 1.03. The number of hydrogen-bond acceptors (Lipinski definition) is 6. The lowest BCUT2D eigenvalue weighted by Crippen LogP contribution is -2.11. The van der Waals surface area contributed by atoms with E-state index >= 15 is 0 Å². The Balaban J connectivity index is 1.78. The van der Waals surface area contributed by atoms with Gasteiger partial charge >= 0.3 is 0 Å². The quantitative estimate of drug-likeness (QED) is 0.561. The highest BCUT2D eigenvalue weighted by molar-refractivity contribution is 7.22. The van der Waals surface area contributed by atoms with Crippen LogP contribution in [0.5, 0.6) is 5.75 Å². The number of hydrogen-bond donors (Lipinski definition) is 1. The molecule has 0 radical (unpaired) electrons. The van der Waals surface area contributed by atoms with E-state index in [0.717, 1.165) is 16.0 Å². The van der Waals surface area contributed by atoms with Gasteiger partial charge in [-0.3, -0.25) is 20.2 Å². The number of carbonyl (C=O) groups is 1. The van der Waals surface area contributed by atoms with Gasteiger partial charge in [-0.15, -0.1) is 0 Å². The van der Waals surface area contributed by atoms with Crippen LogP contribution in [0.15, 0.2) is 42.5 Å². The SMILES string of the molecule is CCOc1ccc2nc(NC(=O)c3ccc([N+](=O)[O-])cc3)sc2c1. The number of benzene rings is 2. The number of nitro groups is 1. The van der Waals surface area contributed by atoms with E-state index in [1.807, 2.05) is 25.1 Å². The molecule has 0 fully saturated rings. The Hall–Kier alpha value is -3.00. The van der Waals surface area contributed by atoms with Crippen LogP contribution in [0, 0.1) is 10.1 Å². The van der Waals surface area contributed by atoms with Gasteiger partial charge in [0.25, 0.3) is 11.6 Å². The molecule has 3 aromatic rings. The molecule has 2 aromatic carbocycles. The summed E-state index contributed by atoms with van der Waals surface area (Å²) >= 11 is 1.34. The highest BCUT2D eigenvalue weighted by Gasteiger charge is 2.12. The molecule has 0 saturated heterocycles. The molecule has 1 heterocycles. The van der Waals surface area contributed by atoms with Crippen LogP contribution in [0.3, 0.4) is 0 Å². The van der Waals surface area contributed by atoms with Crippen molar-refractivity contribution in [1.82, 2.24) is 4.98 Å². The van der Waals surface area contributed by atoms with E-state index < -0.39 is 4.92 Å². The third-order valence-corrected chi connectivity index (χ3v) is 4.17. The van der Waals surface area contributed by atoms with Gasteiger partial charge in [-0.2, -0.15) is 0 Å². The van der Waals surface area contributed by atoms with Crippen LogP contribution >= 0.6 is 11.3 Å². The molecule has 8 heteroatoms. The van der Waals surface area contributed by atoms with Gasteiger partial charge in [-0.1, -0.05) is 11.3 Å². The van der Waals surface area contributed by atoms with Gasteiger partial charge in [0.05, 0.1) is 21.7 Å². The fraction of sp³-hybridized carbons (Fsp3) is 0.125. The fourth-order valence-electron chi connectivity index (χ4n) is 2.12. The van der Waals surface area contributed by atoms with Gasteiger partial charge in [0.2, 0.25) is 0 Å². The van der Waals surface area contributed by atoms with Crippen LogP contribution < -0.4 is 10.1 Å². The van der Waals surface area contributed by atoms with Gasteiger partial charge in [-0.05, 0) is 37.3 Å². The number of fused-ring (bicyclic) bond motifs is 1. The maximum atomic E-state index is 12.2. The molecule has 24 heavy (non-hydrogen) atoms. The number of rotatable bonds is 5. The second kappa shape index (κ2) is 6.63. The second-order valence-corrected chi connectivity index (χ2v) is 5.87. The summed E-state index contributed by atoms with van der Waals surface area (Å²) in [6, 6.07) is 10.9. The van der Waals surface area contributed by atoms with Crippen LogP contribution in [-0.4, -0.2) is 22.4 Å². The van der Waals surface area contributed by atoms with Crippen LogP contribution in [0.25, 0.3) is 10.2 Å². The van der Waals surface area contributed by atoms with Crippen molar-refractivity contribution in [2.75, 3.05) is 11.9 Å². The summed E-state index contributed by atoms with van der Waals surface area (Å²) in [6.07, 6.45) is 0. The van der Waals surface area contributed by atoms with E-state index in [9.17, 15) is 14.9 Å². The molecule has 0 aliphatic rings. The second-order valence-electron chi connectivity index (χ2n) is 4.84. The number of carbonyl (C=O) groups excluding carboxylic acids is 1. The number of ether oxygens (including phenoxy) is 1. The first-order valence-electron chi connectivity index (χ1n) is 7.16. The molecule has 0 aliphatic heterocycles. The number of nitro benzene ring substituents is 1. The van der Waals surface area contributed by atoms with Crippen molar-refractivity contribution in [2.45, 2.75) is 6.92 Å². The topological polar surface area (TPSA) is 94.4 Å². The van der Waals surface area contributed by atoms with E-state index in [-0.39, 0.29) is 11.6 Å². The number of non-ortho nitro benzene ring substituents is 1. The van der Waals surface area contributed by atoms with E-state index in [2.05, 4.69) is 10.3 Å². The standard InChI is InChI=1S/C16H13N3O4S/c1-2-23-12-7-8-13-14(9-12)24-16(17-13)18-15(20)10-3-5-11(6-4-10)19(21)22/h3-9H,2H2,1H3,(H,17,18,20). The van der Waals surface area contributed by atoms with E-state index in [0.29, 0.717) is 17.3 Å². The van der Waals surface area contributed by atoms with Crippen molar-refractivity contribution in [3.05, 3.63) is 58.1 Å². The maximum absolute atomic E-state index is 12.2. The molecule has 0 aliphatic carbocycles. The molecule has 122 valence electrons. The Bertz CT molecular complexity index is 905. The lowest BCUT2D eigenvalue weighted by Gasteiger charge is -2.00. The van der Waals surface area contributed by atoms with Crippen LogP contribution in [0.1, 0.15) is 17.3 Å². The lowest BCUT2D eigenvalue weighted by atomic mass is 10.2. The van der Waals surface area contributed by atoms with Crippen molar-refractivity contribution in [3.8, 4) is 5.75 Å². The summed E-state index contributed by atoms with van der Waals surface area (Å²) in [5.74, 6) is 0.385. The first-order valence-corrected chi connectivity index (χ1v) is 7.97. The molecule has 0 saturated carbocycles. The van der Waals surface area contributed by atoms with Crippen LogP contribution in [0.4, 0.5) is 10.8 Å². The Morgan fingerprint density at radius 2 is 2.04 bits per heavy atom. The van der Waals surface area contributed by atoms with Crippen molar-refractivity contribution in [3.63, 3.8) is 0 Å². The number of thiazole rings is 1. The minimum absolute atomic E-state index is 0.0602. The van der Waals surface area contributed by atoms with Crippen molar-refractivity contribution < 1.29 is 14.5 Å². The number of amides is 1. The molecule has 7 nitrogen and oxygen atoms in total. The van der Waals surface area contributed by atoms with Crippen LogP contribution in [-0.2, 0) is 0 Å². The third-order valence-electron chi connectivity index (χ3n) is 3.23. The van der Waals surface area contributed by atoms with Crippen LogP contribution in [0.2, 0.25) is 0 Å². The Kier molecular flexibility index (Phi) is 4.39. The van der Waals surface area contributed by atoms with Gasteiger partial charge in [0, 0.05) is 17.7 Å². The zero-order valence-electron chi connectivity index (χ0n) is 12.7. The summed E-state index contributed by atoms with van der Waals surface area (Å²) in [7, 11) is 0. The van der Waals surface area contributed by atoms with Gasteiger partial charge in [-0.25, -0.2) is 4.98 Å². The average Bonchev–Trinajstić information content (AvgIpc) is 2.96. The summed E-state index contributed by atoms with van der Waals surface area (Å²) in [4.78, 5) is 26.7. The van der Waals surface area contributed by atoms with E-state index in [1.165, 1.54) is 35.6 Å². The molecular formula is C16H13N3O4S. The molecular weight excluding hydrogens is 330 g/mol. The zero-order chi connectivity index (χ0) is 17.1. The average molecular weight is 343 g/mol. The molecule has 0 unspecified atom stereocenters. The smallest absolute Gasteiger partial charge is 0.269 e.